The van der Waals surface area contributed by atoms with E-state index in [1.54, 1.807) is 6.92 Å². The summed E-state index contributed by atoms with van der Waals surface area (Å²) < 4.78 is 25.2. The van der Waals surface area contributed by atoms with Gasteiger partial charge in [-0.3, -0.25) is 4.68 Å². The van der Waals surface area contributed by atoms with Gasteiger partial charge in [-0.05, 0) is 19.3 Å². The van der Waals surface area contributed by atoms with E-state index in [1.165, 1.54) is 0 Å². The lowest BCUT2D eigenvalue weighted by Gasteiger charge is -2.11. The van der Waals surface area contributed by atoms with Crippen LogP contribution in [0.4, 0.5) is 0 Å². The molecule has 1 unspecified atom stereocenters. The van der Waals surface area contributed by atoms with Crippen molar-refractivity contribution in [2.24, 2.45) is 0 Å². The van der Waals surface area contributed by atoms with Crippen molar-refractivity contribution in [1.82, 2.24) is 9.78 Å². The van der Waals surface area contributed by atoms with Crippen molar-refractivity contribution in [3.8, 4) is 0 Å². The Morgan fingerprint density at radius 1 is 1.20 bits per heavy atom. The molecular weight excluding hydrogens is 296 g/mol. The van der Waals surface area contributed by atoms with Gasteiger partial charge in [0.05, 0.1) is 23.4 Å². The van der Waals surface area contributed by atoms with E-state index in [0.717, 1.165) is 36.2 Å². The zero-order chi connectivity index (χ0) is 15.3. The van der Waals surface area contributed by atoms with Gasteiger partial charge in [0, 0.05) is 17.0 Å². The van der Waals surface area contributed by atoms with Gasteiger partial charge in [0.1, 0.15) is 0 Å². The molecule has 0 aromatic carbocycles. The summed E-state index contributed by atoms with van der Waals surface area (Å²) in [6, 6.07) is 0. The first-order valence-electron chi connectivity index (χ1n) is 7.32. The minimum absolute atomic E-state index is 0.0450. The molecular formula is C14H25ClN2O2S. The smallest absolute Gasteiger partial charge is 0.151 e. The topological polar surface area (TPSA) is 52.0 Å². The van der Waals surface area contributed by atoms with E-state index in [0.29, 0.717) is 6.54 Å². The van der Waals surface area contributed by atoms with Crippen LogP contribution in [0, 0.1) is 0 Å². The average molecular weight is 321 g/mol. The van der Waals surface area contributed by atoms with E-state index in [9.17, 15) is 8.42 Å². The quantitative estimate of drug-likeness (QED) is 0.691. The van der Waals surface area contributed by atoms with E-state index < -0.39 is 9.84 Å². The van der Waals surface area contributed by atoms with Gasteiger partial charge < -0.3 is 0 Å². The lowest BCUT2D eigenvalue weighted by molar-refractivity contribution is 0.573. The summed E-state index contributed by atoms with van der Waals surface area (Å²) >= 11 is 6.42. The maximum atomic E-state index is 11.7. The fraction of sp³-hybridized carbons (Fsp3) is 0.786. The second-order valence-corrected chi connectivity index (χ2v) is 7.85. The Morgan fingerprint density at radius 3 is 2.30 bits per heavy atom. The fourth-order valence-electron chi connectivity index (χ4n) is 2.32. The summed E-state index contributed by atoms with van der Waals surface area (Å²) in [5.74, 6) is 0.316. The zero-order valence-electron chi connectivity index (χ0n) is 12.8. The molecule has 4 nitrogen and oxygen atoms in total. The summed E-state index contributed by atoms with van der Waals surface area (Å²) in [5.41, 5.74) is 3.18. The second kappa shape index (κ2) is 7.46. The molecule has 0 radical (unpaired) electrons. The van der Waals surface area contributed by atoms with Crippen LogP contribution in [0.15, 0.2) is 0 Å². The first-order chi connectivity index (χ1) is 9.40. The van der Waals surface area contributed by atoms with Crippen molar-refractivity contribution < 1.29 is 8.42 Å². The van der Waals surface area contributed by atoms with E-state index in [2.05, 4.69) is 25.9 Å². The summed E-state index contributed by atoms with van der Waals surface area (Å²) in [7, 11) is -2.97. The molecule has 0 spiro atoms. The molecule has 0 N–H and O–H groups in total. The molecule has 0 aliphatic carbocycles. The molecule has 1 aromatic rings. The Morgan fingerprint density at radius 2 is 1.85 bits per heavy atom. The zero-order valence-corrected chi connectivity index (χ0v) is 14.4. The van der Waals surface area contributed by atoms with Crippen molar-refractivity contribution in [1.29, 1.82) is 0 Å². The van der Waals surface area contributed by atoms with Crippen molar-refractivity contribution in [2.45, 2.75) is 58.9 Å². The van der Waals surface area contributed by atoms with Gasteiger partial charge in [-0.25, -0.2) is 8.42 Å². The van der Waals surface area contributed by atoms with Crippen LogP contribution in [-0.4, -0.2) is 29.7 Å². The largest absolute Gasteiger partial charge is 0.268 e. The van der Waals surface area contributed by atoms with Crippen LogP contribution < -0.4 is 0 Å². The number of hydrogen-bond acceptors (Lipinski definition) is 3. The standard InChI is InChI=1S/C14H25ClN2O2S/c1-5-11(15)14-12(6-2)16-17(13(14)7-3)9-10-20(18,19)8-4/h11H,5-10H2,1-4H3. The molecule has 0 fully saturated rings. The predicted molar refractivity (Wildman–Crippen MR) is 84.2 cm³/mol. The third-order valence-electron chi connectivity index (χ3n) is 3.57. The molecule has 0 saturated carbocycles. The van der Waals surface area contributed by atoms with Crippen LogP contribution >= 0.6 is 11.6 Å². The third kappa shape index (κ3) is 3.98. The minimum atomic E-state index is -2.97. The minimum Gasteiger partial charge on any atom is -0.268 e. The predicted octanol–water partition coefficient (Wildman–Crippen LogP) is 3.13. The normalized spacial score (nSPS) is 13.7. The summed E-state index contributed by atoms with van der Waals surface area (Å²) in [6.07, 6.45) is 2.48. The molecule has 0 aliphatic heterocycles. The van der Waals surface area contributed by atoms with Crippen LogP contribution in [0.3, 0.4) is 0 Å². The first kappa shape index (κ1) is 17.5. The first-order valence-corrected chi connectivity index (χ1v) is 9.58. The monoisotopic (exact) mass is 320 g/mol. The number of rotatable bonds is 8. The molecule has 1 heterocycles. The van der Waals surface area contributed by atoms with Crippen molar-refractivity contribution in [3.05, 3.63) is 17.0 Å². The van der Waals surface area contributed by atoms with Crippen LogP contribution in [-0.2, 0) is 29.2 Å². The van der Waals surface area contributed by atoms with E-state index in [-0.39, 0.29) is 16.9 Å². The Labute approximate surface area is 127 Å². The molecule has 0 aliphatic rings. The molecule has 20 heavy (non-hydrogen) atoms. The average Bonchev–Trinajstić information content (AvgIpc) is 2.82. The van der Waals surface area contributed by atoms with E-state index in [4.69, 9.17) is 11.6 Å². The number of halogens is 1. The summed E-state index contributed by atoms with van der Waals surface area (Å²) in [6.45, 7) is 8.25. The maximum Gasteiger partial charge on any atom is 0.151 e. The Hall–Kier alpha value is -0.550. The van der Waals surface area contributed by atoms with E-state index in [1.807, 2.05) is 4.68 Å². The highest BCUT2D eigenvalue weighted by Crippen LogP contribution is 2.31. The van der Waals surface area contributed by atoms with Gasteiger partial charge in [-0.2, -0.15) is 5.10 Å². The summed E-state index contributed by atoms with van der Waals surface area (Å²) in [4.78, 5) is 0. The van der Waals surface area contributed by atoms with Gasteiger partial charge in [0.15, 0.2) is 9.84 Å². The van der Waals surface area contributed by atoms with Crippen molar-refractivity contribution in [2.75, 3.05) is 11.5 Å². The van der Waals surface area contributed by atoms with Crippen LogP contribution in [0.2, 0.25) is 0 Å². The Balaban J connectivity index is 3.11. The molecule has 0 amide bonds. The van der Waals surface area contributed by atoms with Gasteiger partial charge in [0.2, 0.25) is 0 Å². The lowest BCUT2D eigenvalue weighted by atomic mass is 10.0. The highest BCUT2D eigenvalue weighted by atomic mass is 35.5. The molecule has 6 heteroatoms. The van der Waals surface area contributed by atoms with Crippen LogP contribution in [0.1, 0.15) is 56.4 Å². The third-order valence-corrected chi connectivity index (χ3v) is 5.78. The molecule has 0 saturated heterocycles. The van der Waals surface area contributed by atoms with Gasteiger partial charge in [0.25, 0.3) is 0 Å². The number of aromatic nitrogens is 2. The highest BCUT2D eigenvalue weighted by Gasteiger charge is 2.21. The molecule has 116 valence electrons. The van der Waals surface area contributed by atoms with Crippen LogP contribution in [0.25, 0.3) is 0 Å². The maximum absolute atomic E-state index is 11.7. The number of alkyl halides is 1. The lowest BCUT2D eigenvalue weighted by Crippen LogP contribution is -2.17. The van der Waals surface area contributed by atoms with Gasteiger partial charge in [-0.15, -0.1) is 11.6 Å². The SMILES string of the molecule is CCc1nn(CCS(=O)(=O)CC)c(CC)c1C(Cl)CC. The Bertz CT molecular complexity index is 538. The number of sulfone groups is 1. The number of aryl methyl sites for hydroxylation is 2. The molecule has 0 bridgehead atoms. The van der Waals surface area contributed by atoms with Gasteiger partial charge in [-0.1, -0.05) is 27.7 Å². The molecule has 1 atom stereocenters. The van der Waals surface area contributed by atoms with E-state index >= 15 is 0 Å². The number of hydrogen-bond donors (Lipinski definition) is 0. The number of nitrogens with zero attached hydrogens (tertiary/aromatic N) is 2. The second-order valence-electron chi connectivity index (χ2n) is 4.85. The van der Waals surface area contributed by atoms with Crippen molar-refractivity contribution in [3.63, 3.8) is 0 Å². The van der Waals surface area contributed by atoms with Crippen LogP contribution in [0.5, 0.6) is 0 Å². The summed E-state index contributed by atoms with van der Waals surface area (Å²) in [5, 5.41) is 4.53. The molecule has 1 rings (SSSR count). The fourth-order valence-corrected chi connectivity index (χ4v) is 3.31. The van der Waals surface area contributed by atoms with Gasteiger partial charge >= 0.3 is 0 Å². The highest BCUT2D eigenvalue weighted by molar-refractivity contribution is 7.91. The van der Waals surface area contributed by atoms with Crippen molar-refractivity contribution >= 4 is 21.4 Å². The molecule has 1 aromatic heterocycles. The Kier molecular flexibility index (Phi) is 6.52.